The second-order valence-electron chi connectivity index (χ2n) is 7.83. The van der Waals surface area contributed by atoms with Gasteiger partial charge in [0.25, 0.3) is 0 Å². The Hall–Kier alpha value is -0.0500. The topological polar surface area (TPSA) is 32.3 Å². The van der Waals surface area contributed by atoms with E-state index in [1.807, 2.05) is 0 Å². The van der Waals surface area contributed by atoms with Crippen LogP contribution in [0.25, 0.3) is 0 Å². The van der Waals surface area contributed by atoms with Crippen molar-refractivity contribution in [3.63, 3.8) is 0 Å². The highest BCUT2D eigenvalue weighted by Gasteiger charge is 1.93. The van der Waals surface area contributed by atoms with Crippen LogP contribution in [0.3, 0.4) is 0 Å². The van der Waals surface area contributed by atoms with Crippen molar-refractivity contribution in [2.24, 2.45) is 0 Å². The van der Waals surface area contributed by atoms with E-state index in [-0.39, 0.29) is 19.0 Å². The molecule has 0 amide bonds. The number of halogens is 1. The smallest absolute Gasteiger partial charge is 0.0555 e. The number of allylic oxidation sites excluding steroid dienone is 2. The molecule has 0 aromatic heterocycles. The lowest BCUT2D eigenvalue weighted by Gasteiger charge is -2.03. The lowest BCUT2D eigenvalue weighted by molar-refractivity contribution is 0.292. The molecule has 0 aliphatic heterocycles. The fourth-order valence-electron chi connectivity index (χ4n) is 3.41. The molecular weight excluding hydrogens is 354 g/mol. The Morgan fingerprint density at radius 3 is 1.41 bits per heavy atom. The Labute approximate surface area is 177 Å². The van der Waals surface area contributed by atoms with Gasteiger partial charge in [-0.05, 0) is 38.6 Å². The fourth-order valence-corrected chi connectivity index (χ4v) is 3.41. The van der Waals surface area contributed by atoms with E-state index in [0.29, 0.717) is 0 Å². The average Bonchev–Trinajstić information content (AvgIpc) is 2.66. The molecule has 0 heterocycles. The Kier molecular flexibility index (Phi) is 30.4. The first-order valence-corrected chi connectivity index (χ1v) is 11.9. The van der Waals surface area contributed by atoms with Crippen molar-refractivity contribution in [3.05, 3.63) is 12.2 Å². The summed E-state index contributed by atoms with van der Waals surface area (Å²) in [5, 5.41) is 11.9. The quantitative estimate of drug-likeness (QED) is 0.144. The van der Waals surface area contributed by atoms with E-state index in [0.717, 1.165) is 13.1 Å². The van der Waals surface area contributed by atoms with E-state index in [1.54, 1.807) is 0 Å². The summed E-state index contributed by atoms with van der Waals surface area (Å²) >= 11 is 0. The molecule has 0 saturated heterocycles. The standard InChI is InChI=1S/C24H49NO.ClH/c1-2-3-4-5-6-7-8-9-10-11-12-13-14-15-16-17-18-19-20-21-22-25-23-24-26;/h9-10,25-26H,2-8,11-24H2,1H3;1H. The maximum Gasteiger partial charge on any atom is 0.0555 e. The van der Waals surface area contributed by atoms with Crippen LogP contribution in [-0.2, 0) is 0 Å². The first-order valence-electron chi connectivity index (χ1n) is 11.9. The highest BCUT2D eigenvalue weighted by atomic mass is 35.5. The van der Waals surface area contributed by atoms with Gasteiger partial charge in [-0.25, -0.2) is 0 Å². The summed E-state index contributed by atoms with van der Waals surface area (Å²) < 4.78 is 0. The fraction of sp³-hybridized carbons (Fsp3) is 0.917. The summed E-state index contributed by atoms with van der Waals surface area (Å²) in [5.41, 5.74) is 0. The van der Waals surface area contributed by atoms with E-state index in [4.69, 9.17) is 5.11 Å². The Morgan fingerprint density at radius 1 is 0.556 bits per heavy atom. The van der Waals surface area contributed by atoms with Crippen LogP contribution in [0.5, 0.6) is 0 Å². The first-order chi connectivity index (χ1) is 12.9. The zero-order valence-electron chi connectivity index (χ0n) is 18.4. The summed E-state index contributed by atoms with van der Waals surface area (Å²) in [4.78, 5) is 0. The van der Waals surface area contributed by atoms with Crippen molar-refractivity contribution in [1.29, 1.82) is 0 Å². The van der Waals surface area contributed by atoms with Crippen molar-refractivity contribution in [3.8, 4) is 0 Å². The van der Waals surface area contributed by atoms with Crippen LogP contribution in [0.1, 0.15) is 122 Å². The summed E-state index contributed by atoms with van der Waals surface area (Å²) in [6, 6.07) is 0. The molecule has 0 aromatic rings. The molecule has 164 valence electrons. The molecule has 0 unspecified atom stereocenters. The molecule has 3 heteroatoms. The van der Waals surface area contributed by atoms with Crippen LogP contribution in [-0.4, -0.2) is 24.8 Å². The molecule has 0 aliphatic rings. The molecule has 0 rings (SSSR count). The van der Waals surface area contributed by atoms with Crippen molar-refractivity contribution in [2.45, 2.75) is 122 Å². The second kappa shape index (κ2) is 28.2. The Balaban J connectivity index is 0. The second-order valence-corrected chi connectivity index (χ2v) is 7.83. The van der Waals surface area contributed by atoms with Crippen LogP contribution >= 0.6 is 12.4 Å². The number of hydrogen-bond donors (Lipinski definition) is 2. The van der Waals surface area contributed by atoms with Crippen LogP contribution in [0, 0.1) is 0 Å². The van der Waals surface area contributed by atoms with Crippen LogP contribution in [0.4, 0.5) is 0 Å². The normalized spacial score (nSPS) is 11.2. The van der Waals surface area contributed by atoms with Gasteiger partial charge >= 0.3 is 0 Å². The van der Waals surface area contributed by atoms with Gasteiger partial charge in [-0.1, -0.05) is 103 Å². The van der Waals surface area contributed by atoms with Gasteiger partial charge in [-0.3, -0.25) is 0 Å². The molecule has 0 aromatic carbocycles. The third kappa shape index (κ3) is 28.3. The summed E-state index contributed by atoms with van der Waals surface area (Å²) in [6.45, 7) is 4.35. The van der Waals surface area contributed by atoms with Gasteiger partial charge in [0, 0.05) is 6.54 Å². The molecule has 0 spiro atoms. The van der Waals surface area contributed by atoms with Gasteiger partial charge < -0.3 is 10.4 Å². The highest BCUT2D eigenvalue weighted by Crippen LogP contribution is 2.12. The van der Waals surface area contributed by atoms with Crippen molar-refractivity contribution >= 4 is 12.4 Å². The van der Waals surface area contributed by atoms with E-state index in [1.165, 1.54) is 116 Å². The molecule has 0 fully saturated rings. The molecular formula is C24H50ClNO. The summed E-state index contributed by atoms with van der Waals surface area (Å²) in [7, 11) is 0. The third-order valence-electron chi connectivity index (χ3n) is 5.15. The van der Waals surface area contributed by atoms with Gasteiger partial charge in [0.2, 0.25) is 0 Å². The van der Waals surface area contributed by atoms with Gasteiger partial charge in [-0.15, -0.1) is 12.4 Å². The molecule has 0 saturated carbocycles. The lowest BCUT2D eigenvalue weighted by Crippen LogP contribution is -2.19. The van der Waals surface area contributed by atoms with E-state index in [9.17, 15) is 0 Å². The minimum Gasteiger partial charge on any atom is -0.395 e. The molecule has 0 bridgehead atoms. The maximum absolute atomic E-state index is 8.67. The summed E-state index contributed by atoms with van der Waals surface area (Å²) in [5.74, 6) is 0. The summed E-state index contributed by atoms with van der Waals surface area (Å²) in [6.07, 6.45) is 29.7. The predicted molar refractivity (Wildman–Crippen MR) is 125 cm³/mol. The van der Waals surface area contributed by atoms with E-state index in [2.05, 4.69) is 24.4 Å². The Morgan fingerprint density at radius 2 is 0.963 bits per heavy atom. The number of aliphatic hydroxyl groups excluding tert-OH is 1. The zero-order valence-corrected chi connectivity index (χ0v) is 19.2. The SMILES string of the molecule is CCCCCCCCC=CCCCCCCCCCCCCNCCO.Cl. The molecule has 27 heavy (non-hydrogen) atoms. The molecule has 0 aliphatic carbocycles. The largest absolute Gasteiger partial charge is 0.395 e. The highest BCUT2D eigenvalue weighted by molar-refractivity contribution is 5.85. The van der Waals surface area contributed by atoms with Gasteiger partial charge in [0.05, 0.1) is 6.61 Å². The average molecular weight is 404 g/mol. The monoisotopic (exact) mass is 403 g/mol. The molecule has 0 radical (unpaired) electrons. The van der Waals surface area contributed by atoms with Crippen LogP contribution in [0.15, 0.2) is 12.2 Å². The molecule has 0 atom stereocenters. The van der Waals surface area contributed by atoms with E-state index < -0.39 is 0 Å². The third-order valence-corrected chi connectivity index (χ3v) is 5.15. The number of unbranched alkanes of at least 4 members (excludes halogenated alkanes) is 16. The minimum atomic E-state index is 0. The van der Waals surface area contributed by atoms with Gasteiger partial charge in [0.1, 0.15) is 0 Å². The minimum absolute atomic E-state index is 0. The number of rotatable bonds is 22. The van der Waals surface area contributed by atoms with Crippen molar-refractivity contribution in [2.75, 3.05) is 19.7 Å². The Bertz CT molecular complexity index is 271. The first kappa shape index (κ1) is 29.2. The predicted octanol–water partition coefficient (Wildman–Crippen LogP) is 7.59. The van der Waals surface area contributed by atoms with Crippen LogP contribution in [0.2, 0.25) is 0 Å². The lowest BCUT2D eigenvalue weighted by atomic mass is 10.1. The molecule has 2 N–H and O–H groups in total. The van der Waals surface area contributed by atoms with E-state index >= 15 is 0 Å². The van der Waals surface area contributed by atoms with Crippen molar-refractivity contribution in [1.82, 2.24) is 5.32 Å². The maximum atomic E-state index is 8.67. The number of hydrogen-bond acceptors (Lipinski definition) is 2. The number of nitrogens with one attached hydrogen (secondary N) is 1. The van der Waals surface area contributed by atoms with Crippen molar-refractivity contribution < 1.29 is 5.11 Å². The van der Waals surface area contributed by atoms with Crippen LogP contribution < -0.4 is 5.32 Å². The van der Waals surface area contributed by atoms with Gasteiger partial charge in [-0.2, -0.15) is 0 Å². The zero-order chi connectivity index (χ0) is 19.0. The number of aliphatic hydroxyl groups is 1. The molecule has 2 nitrogen and oxygen atoms in total. The van der Waals surface area contributed by atoms with Gasteiger partial charge in [0.15, 0.2) is 0 Å².